The van der Waals surface area contributed by atoms with E-state index in [2.05, 4.69) is 15.4 Å². The zero-order valence-corrected chi connectivity index (χ0v) is 15.4. The minimum atomic E-state index is -3.09. The van der Waals surface area contributed by atoms with Gasteiger partial charge in [-0.15, -0.1) is 0 Å². The van der Waals surface area contributed by atoms with Gasteiger partial charge in [-0.25, -0.2) is 0 Å². The molecule has 1 aliphatic rings. The minimum absolute atomic E-state index is 0.0221. The third-order valence-electron chi connectivity index (χ3n) is 4.52. The Hall–Kier alpha value is -3.16. The summed E-state index contributed by atoms with van der Waals surface area (Å²) in [5.74, 6) is -0.845. The number of hydrogen-bond donors (Lipinski definition) is 2. The van der Waals surface area contributed by atoms with Crippen LogP contribution >= 0.6 is 0 Å². The fourth-order valence-corrected chi connectivity index (χ4v) is 3.10. The molecule has 1 aliphatic heterocycles. The van der Waals surface area contributed by atoms with Crippen LogP contribution in [0.25, 0.3) is 0 Å². The molecule has 28 heavy (non-hydrogen) atoms. The summed E-state index contributed by atoms with van der Waals surface area (Å²) < 4.78 is 35.0. The standard InChI is InChI=1S/C20H20F2N2O4/c1-11(12-6-8-15-13(10-12)7-9-17(25)24-15)23-19(26)14-4-3-5-16(27-2)18(14)28-20(21)22/h3-6,8,10-11,20H,7,9H2,1-2H3,(H,23,26)(H,24,25). The maximum Gasteiger partial charge on any atom is 0.387 e. The van der Waals surface area contributed by atoms with E-state index in [1.54, 1.807) is 19.1 Å². The predicted octanol–water partition coefficient (Wildman–Crippen LogP) is 3.67. The summed E-state index contributed by atoms with van der Waals surface area (Å²) in [4.78, 5) is 24.1. The quantitative estimate of drug-likeness (QED) is 0.789. The maximum atomic E-state index is 12.8. The molecule has 8 heteroatoms. The summed E-state index contributed by atoms with van der Waals surface area (Å²) in [7, 11) is 1.31. The molecule has 0 spiro atoms. The fraction of sp³-hybridized carbons (Fsp3) is 0.300. The zero-order chi connectivity index (χ0) is 20.3. The summed E-state index contributed by atoms with van der Waals surface area (Å²) in [6, 6.07) is 9.49. The first-order valence-corrected chi connectivity index (χ1v) is 8.74. The summed E-state index contributed by atoms with van der Waals surface area (Å²) in [6.07, 6.45) is 1.03. The highest BCUT2D eigenvalue weighted by Gasteiger charge is 2.22. The first kappa shape index (κ1) is 19.6. The normalized spacial score (nSPS) is 14.1. The Balaban J connectivity index is 1.80. The van der Waals surface area contributed by atoms with Crippen LogP contribution in [0.4, 0.5) is 14.5 Å². The minimum Gasteiger partial charge on any atom is -0.493 e. The van der Waals surface area contributed by atoms with E-state index in [0.29, 0.717) is 12.8 Å². The van der Waals surface area contributed by atoms with Crippen molar-refractivity contribution in [3.63, 3.8) is 0 Å². The van der Waals surface area contributed by atoms with Gasteiger partial charge in [-0.05, 0) is 42.7 Å². The number of hydrogen-bond acceptors (Lipinski definition) is 4. The molecule has 0 saturated heterocycles. The Morgan fingerprint density at radius 2 is 2.00 bits per heavy atom. The molecule has 0 saturated carbocycles. The molecule has 2 aromatic rings. The average Bonchev–Trinajstić information content (AvgIpc) is 2.67. The lowest BCUT2D eigenvalue weighted by Gasteiger charge is -2.21. The van der Waals surface area contributed by atoms with Crippen LogP contribution in [0.15, 0.2) is 36.4 Å². The van der Waals surface area contributed by atoms with Gasteiger partial charge in [-0.3, -0.25) is 9.59 Å². The molecule has 0 bridgehead atoms. The predicted molar refractivity (Wildman–Crippen MR) is 98.9 cm³/mol. The molecule has 1 heterocycles. The smallest absolute Gasteiger partial charge is 0.387 e. The molecule has 0 aliphatic carbocycles. The number of benzene rings is 2. The number of halogens is 2. The number of alkyl halides is 2. The fourth-order valence-electron chi connectivity index (χ4n) is 3.10. The summed E-state index contributed by atoms with van der Waals surface area (Å²) in [5, 5.41) is 5.59. The van der Waals surface area contributed by atoms with Crippen molar-refractivity contribution in [3.05, 3.63) is 53.1 Å². The van der Waals surface area contributed by atoms with Crippen LogP contribution in [0.3, 0.4) is 0 Å². The first-order valence-electron chi connectivity index (χ1n) is 8.74. The molecular formula is C20H20F2N2O4. The second-order valence-electron chi connectivity index (χ2n) is 6.38. The number of rotatable bonds is 6. The van der Waals surface area contributed by atoms with Crippen molar-refractivity contribution in [2.24, 2.45) is 0 Å². The van der Waals surface area contributed by atoms with Gasteiger partial charge in [-0.1, -0.05) is 18.2 Å². The molecule has 0 aromatic heterocycles. The van der Waals surface area contributed by atoms with Gasteiger partial charge in [0.05, 0.1) is 18.7 Å². The molecule has 1 atom stereocenters. The molecule has 0 radical (unpaired) electrons. The van der Waals surface area contributed by atoms with Gasteiger partial charge in [-0.2, -0.15) is 8.78 Å². The SMILES string of the molecule is COc1cccc(C(=O)NC(C)c2ccc3c(c2)CCC(=O)N3)c1OC(F)F. The van der Waals surface area contributed by atoms with Crippen LogP contribution in [0.2, 0.25) is 0 Å². The van der Waals surface area contributed by atoms with Crippen LogP contribution in [-0.2, 0) is 11.2 Å². The van der Waals surface area contributed by atoms with Crippen molar-refractivity contribution in [3.8, 4) is 11.5 Å². The molecular weight excluding hydrogens is 370 g/mol. The van der Waals surface area contributed by atoms with E-state index in [9.17, 15) is 18.4 Å². The van der Waals surface area contributed by atoms with Gasteiger partial charge in [0.1, 0.15) is 0 Å². The number of para-hydroxylation sites is 1. The number of fused-ring (bicyclic) bond motifs is 1. The average molecular weight is 390 g/mol. The number of ether oxygens (including phenoxy) is 2. The van der Waals surface area contributed by atoms with Crippen molar-refractivity contribution >= 4 is 17.5 Å². The van der Waals surface area contributed by atoms with Gasteiger partial charge in [0.2, 0.25) is 5.91 Å². The lowest BCUT2D eigenvalue weighted by atomic mass is 9.97. The van der Waals surface area contributed by atoms with Crippen LogP contribution in [0.5, 0.6) is 11.5 Å². The Kier molecular flexibility index (Phi) is 5.77. The van der Waals surface area contributed by atoms with Gasteiger partial charge in [0, 0.05) is 12.1 Å². The van der Waals surface area contributed by atoms with Crippen LogP contribution in [0, 0.1) is 0 Å². The lowest BCUT2D eigenvalue weighted by Crippen LogP contribution is -2.28. The lowest BCUT2D eigenvalue weighted by molar-refractivity contribution is -0.116. The molecule has 2 N–H and O–H groups in total. The number of carbonyl (C=O) groups is 2. The highest BCUT2D eigenvalue weighted by Crippen LogP contribution is 2.33. The number of nitrogens with one attached hydrogen (secondary N) is 2. The van der Waals surface area contributed by atoms with E-state index in [-0.39, 0.29) is 29.0 Å². The van der Waals surface area contributed by atoms with Crippen molar-refractivity contribution in [2.45, 2.75) is 32.4 Å². The maximum absolute atomic E-state index is 12.8. The number of anilines is 1. The highest BCUT2D eigenvalue weighted by molar-refractivity contribution is 5.98. The second-order valence-corrected chi connectivity index (χ2v) is 6.38. The topological polar surface area (TPSA) is 76.7 Å². The van der Waals surface area contributed by atoms with Crippen molar-refractivity contribution in [1.82, 2.24) is 5.32 Å². The first-order chi connectivity index (χ1) is 13.4. The molecule has 0 fully saturated rings. The largest absolute Gasteiger partial charge is 0.493 e. The number of carbonyl (C=O) groups excluding carboxylic acids is 2. The number of methoxy groups -OCH3 is 1. The summed E-state index contributed by atoms with van der Waals surface area (Å²) in [5.41, 5.74) is 2.54. The Morgan fingerprint density at radius 3 is 2.71 bits per heavy atom. The third kappa shape index (κ3) is 4.21. The monoisotopic (exact) mass is 390 g/mol. The molecule has 148 valence electrons. The summed E-state index contributed by atoms with van der Waals surface area (Å²) >= 11 is 0. The van der Waals surface area contributed by atoms with Crippen molar-refractivity contribution in [1.29, 1.82) is 0 Å². The van der Waals surface area contributed by atoms with Gasteiger partial charge < -0.3 is 20.1 Å². The van der Waals surface area contributed by atoms with Gasteiger partial charge in [0.25, 0.3) is 5.91 Å². The van der Waals surface area contributed by atoms with E-state index in [0.717, 1.165) is 16.8 Å². The van der Waals surface area contributed by atoms with Crippen molar-refractivity contribution in [2.75, 3.05) is 12.4 Å². The van der Waals surface area contributed by atoms with Gasteiger partial charge in [0.15, 0.2) is 11.5 Å². The Labute approximate surface area is 160 Å². The zero-order valence-electron chi connectivity index (χ0n) is 15.4. The summed E-state index contributed by atoms with van der Waals surface area (Å²) in [6.45, 7) is -1.30. The molecule has 3 rings (SSSR count). The highest BCUT2D eigenvalue weighted by atomic mass is 19.3. The Morgan fingerprint density at radius 1 is 1.21 bits per heavy atom. The molecule has 6 nitrogen and oxygen atoms in total. The van der Waals surface area contributed by atoms with E-state index < -0.39 is 12.5 Å². The molecule has 1 unspecified atom stereocenters. The van der Waals surface area contributed by atoms with E-state index >= 15 is 0 Å². The number of aryl methyl sites for hydroxylation is 1. The number of amides is 2. The van der Waals surface area contributed by atoms with Gasteiger partial charge >= 0.3 is 6.61 Å². The van der Waals surface area contributed by atoms with E-state index in [1.165, 1.54) is 25.3 Å². The molecule has 2 aromatic carbocycles. The van der Waals surface area contributed by atoms with Crippen LogP contribution < -0.4 is 20.1 Å². The molecule has 2 amide bonds. The third-order valence-corrected chi connectivity index (χ3v) is 4.52. The van der Waals surface area contributed by atoms with Crippen molar-refractivity contribution < 1.29 is 27.8 Å². The van der Waals surface area contributed by atoms with E-state index in [1.807, 2.05) is 6.07 Å². The van der Waals surface area contributed by atoms with Crippen LogP contribution in [-0.4, -0.2) is 25.5 Å². The van der Waals surface area contributed by atoms with E-state index in [4.69, 9.17) is 4.74 Å². The second kappa shape index (κ2) is 8.24. The van der Waals surface area contributed by atoms with Crippen LogP contribution in [0.1, 0.15) is 40.9 Å². The Bertz CT molecular complexity index is 902.